The predicted octanol–water partition coefficient (Wildman–Crippen LogP) is 3.59. The van der Waals surface area contributed by atoms with E-state index in [1.54, 1.807) is 11.3 Å². The van der Waals surface area contributed by atoms with Crippen LogP contribution in [0.4, 0.5) is 0 Å². The van der Waals surface area contributed by atoms with E-state index in [1.807, 2.05) is 43.3 Å². The quantitative estimate of drug-likeness (QED) is 0.854. The van der Waals surface area contributed by atoms with Crippen LogP contribution in [-0.2, 0) is 12.0 Å². The Labute approximate surface area is 100 Å². The molecule has 0 fully saturated rings. The molecule has 0 aliphatic rings. The van der Waals surface area contributed by atoms with Gasteiger partial charge in [0.25, 0.3) is 0 Å². The van der Waals surface area contributed by atoms with Crippen molar-refractivity contribution in [1.29, 1.82) is 0 Å². The monoisotopic (exact) mass is 232 g/mol. The lowest BCUT2D eigenvalue weighted by molar-refractivity contribution is 0.0335. The van der Waals surface area contributed by atoms with Crippen LogP contribution >= 0.6 is 11.3 Å². The lowest BCUT2D eigenvalue weighted by atomic mass is 9.87. The van der Waals surface area contributed by atoms with Crippen molar-refractivity contribution in [2.75, 3.05) is 0 Å². The van der Waals surface area contributed by atoms with Gasteiger partial charge in [0, 0.05) is 11.3 Å². The zero-order chi connectivity index (χ0) is 11.4. The van der Waals surface area contributed by atoms with Gasteiger partial charge in [0.05, 0.1) is 5.60 Å². The standard InChI is InChI=1S/C14H16OS/c1-2-14(15,11-13-9-6-10-16-13)12-7-4-3-5-8-12/h3-10,15H,2,11H2,1H3. The third kappa shape index (κ3) is 2.34. The fourth-order valence-corrected chi connectivity index (χ4v) is 2.69. The maximum Gasteiger partial charge on any atom is 0.0941 e. The van der Waals surface area contributed by atoms with Crippen molar-refractivity contribution < 1.29 is 5.11 Å². The van der Waals surface area contributed by atoms with Gasteiger partial charge in [-0.1, -0.05) is 43.3 Å². The molecular weight excluding hydrogens is 216 g/mol. The number of thiophene rings is 1. The molecule has 2 heteroatoms. The summed E-state index contributed by atoms with van der Waals surface area (Å²) in [5, 5.41) is 12.7. The minimum absolute atomic E-state index is 0.700. The third-order valence-corrected chi connectivity index (χ3v) is 3.82. The summed E-state index contributed by atoms with van der Waals surface area (Å²) in [6.07, 6.45) is 1.43. The highest BCUT2D eigenvalue weighted by Gasteiger charge is 2.27. The van der Waals surface area contributed by atoms with Gasteiger partial charge in [-0.3, -0.25) is 0 Å². The maximum absolute atomic E-state index is 10.7. The smallest absolute Gasteiger partial charge is 0.0941 e. The van der Waals surface area contributed by atoms with E-state index in [-0.39, 0.29) is 0 Å². The van der Waals surface area contributed by atoms with Crippen molar-refractivity contribution in [3.8, 4) is 0 Å². The van der Waals surface area contributed by atoms with Gasteiger partial charge >= 0.3 is 0 Å². The average molecular weight is 232 g/mol. The molecule has 1 heterocycles. The first-order chi connectivity index (χ1) is 7.74. The maximum atomic E-state index is 10.7. The summed E-state index contributed by atoms with van der Waals surface area (Å²) in [7, 11) is 0. The number of rotatable bonds is 4. The van der Waals surface area contributed by atoms with Gasteiger partial charge in [0.2, 0.25) is 0 Å². The van der Waals surface area contributed by atoms with Crippen LogP contribution in [0.5, 0.6) is 0 Å². The lowest BCUT2D eigenvalue weighted by Crippen LogP contribution is -2.27. The predicted molar refractivity (Wildman–Crippen MR) is 68.7 cm³/mol. The minimum atomic E-state index is -0.730. The Morgan fingerprint density at radius 3 is 2.44 bits per heavy atom. The Morgan fingerprint density at radius 2 is 1.88 bits per heavy atom. The summed E-state index contributed by atoms with van der Waals surface area (Å²) >= 11 is 1.70. The zero-order valence-corrected chi connectivity index (χ0v) is 10.2. The van der Waals surface area contributed by atoms with Gasteiger partial charge in [-0.2, -0.15) is 0 Å². The molecule has 0 aliphatic heterocycles. The number of hydrogen-bond donors (Lipinski definition) is 1. The Kier molecular flexibility index (Phi) is 3.42. The van der Waals surface area contributed by atoms with Crippen LogP contribution in [0.15, 0.2) is 47.8 Å². The van der Waals surface area contributed by atoms with Gasteiger partial charge in [0.15, 0.2) is 0 Å². The van der Waals surface area contributed by atoms with E-state index in [0.717, 1.165) is 12.0 Å². The molecule has 16 heavy (non-hydrogen) atoms. The fourth-order valence-electron chi connectivity index (χ4n) is 1.88. The van der Waals surface area contributed by atoms with Gasteiger partial charge in [-0.15, -0.1) is 11.3 Å². The van der Waals surface area contributed by atoms with E-state index in [2.05, 4.69) is 11.4 Å². The van der Waals surface area contributed by atoms with Crippen molar-refractivity contribution >= 4 is 11.3 Å². The molecule has 2 aromatic rings. The molecule has 0 bridgehead atoms. The van der Waals surface area contributed by atoms with E-state index in [0.29, 0.717) is 6.42 Å². The van der Waals surface area contributed by atoms with E-state index < -0.39 is 5.60 Å². The molecule has 1 nitrogen and oxygen atoms in total. The molecule has 1 atom stereocenters. The lowest BCUT2D eigenvalue weighted by Gasteiger charge is -2.26. The second-order valence-electron chi connectivity index (χ2n) is 4.01. The van der Waals surface area contributed by atoms with Crippen LogP contribution < -0.4 is 0 Å². The molecule has 0 saturated heterocycles. The third-order valence-electron chi connectivity index (χ3n) is 2.94. The Morgan fingerprint density at radius 1 is 1.12 bits per heavy atom. The summed E-state index contributed by atoms with van der Waals surface area (Å²) in [6, 6.07) is 14.0. The second-order valence-corrected chi connectivity index (χ2v) is 5.04. The van der Waals surface area contributed by atoms with Gasteiger partial charge < -0.3 is 5.11 Å². The molecule has 0 saturated carbocycles. The Balaban J connectivity index is 2.26. The molecule has 0 aliphatic carbocycles. The van der Waals surface area contributed by atoms with Crippen molar-refractivity contribution in [2.45, 2.75) is 25.4 Å². The summed E-state index contributed by atoms with van der Waals surface area (Å²) in [5.41, 5.74) is 0.275. The van der Waals surface area contributed by atoms with E-state index >= 15 is 0 Å². The topological polar surface area (TPSA) is 20.2 Å². The van der Waals surface area contributed by atoms with E-state index in [9.17, 15) is 5.11 Å². The Bertz CT molecular complexity index is 421. The van der Waals surface area contributed by atoms with Crippen molar-refractivity contribution in [3.63, 3.8) is 0 Å². The molecule has 0 spiro atoms. The number of aliphatic hydroxyl groups is 1. The van der Waals surface area contributed by atoms with Crippen LogP contribution in [0.2, 0.25) is 0 Å². The van der Waals surface area contributed by atoms with Crippen molar-refractivity contribution in [2.24, 2.45) is 0 Å². The summed E-state index contributed by atoms with van der Waals surface area (Å²) in [4.78, 5) is 1.23. The molecule has 84 valence electrons. The van der Waals surface area contributed by atoms with Crippen molar-refractivity contribution in [1.82, 2.24) is 0 Å². The molecule has 1 N–H and O–H groups in total. The van der Waals surface area contributed by atoms with Crippen molar-refractivity contribution in [3.05, 3.63) is 58.3 Å². The molecule has 0 radical (unpaired) electrons. The number of benzene rings is 1. The summed E-state index contributed by atoms with van der Waals surface area (Å²) < 4.78 is 0. The zero-order valence-electron chi connectivity index (χ0n) is 9.39. The van der Waals surface area contributed by atoms with Gasteiger partial charge in [-0.25, -0.2) is 0 Å². The molecule has 1 unspecified atom stereocenters. The van der Waals surface area contributed by atoms with Gasteiger partial charge in [-0.05, 0) is 23.4 Å². The Hall–Kier alpha value is -1.12. The molecule has 2 rings (SSSR count). The highest BCUT2D eigenvalue weighted by atomic mass is 32.1. The van der Waals surface area contributed by atoms with E-state index in [4.69, 9.17) is 0 Å². The molecule has 1 aromatic heterocycles. The van der Waals surface area contributed by atoms with Gasteiger partial charge in [0.1, 0.15) is 0 Å². The molecule has 0 amide bonds. The highest BCUT2D eigenvalue weighted by molar-refractivity contribution is 7.09. The first-order valence-corrected chi connectivity index (χ1v) is 6.43. The summed E-state index contributed by atoms with van der Waals surface area (Å²) in [6.45, 7) is 2.03. The first-order valence-electron chi connectivity index (χ1n) is 5.55. The average Bonchev–Trinajstić information content (AvgIpc) is 2.83. The van der Waals surface area contributed by atoms with Crippen LogP contribution in [0, 0.1) is 0 Å². The SMILES string of the molecule is CCC(O)(Cc1cccs1)c1ccccc1. The first kappa shape index (κ1) is 11.4. The van der Waals surface area contributed by atoms with Crippen LogP contribution in [0.3, 0.4) is 0 Å². The van der Waals surface area contributed by atoms with Crippen LogP contribution in [0.1, 0.15) is 23.8 Å². The fraction of sp³-hybridized carbons (Fsp3) is 0.286. The second kappa shape index (κ2) is 4.81. The normalized spacial score (nSPS) is 14.6. The van der Waals surface area contributed by atoms with Crippen LogP contribution in [-0.4, -0.2) is 5.11 Å². The minimum Gasteiger partial charge on any atom is -0.385 e. The largest absolute Gasteiger partial charge is 0.385 e. The van der Waals surface area contributed by atoms with Crippen LogP contribution in [0.25, 0.3) is 0 Å². The number of hydrogen-bond acceptors (Lipinski definition) is 2. The molecule has 1 aromatic carbocycles. The molecular formula is C14H16OS. The van der Waals surface area contributed by atoms with E-state index in [1.165, 1.54) is 4.88 Å². The summed E-state index contributed by atoms with van der Waals surface area (Å²) in [5.74, 6) is 0. The highest BCUT2D eigenvalue weighted by Crippen LogP contribution is 2.30.